The lowest BCUT2D eigenvalue weighted by atomic mass is 10.2. The molecule has 0 saturated heterocycles. The van der Waals surface area contributed by atoms with Crippen molar-refractivity contribution in [2.75, 3.05) is 19.4 Å². The molecular weight excluding hydrogens is 208 g/mol. The second kappa shape index (κ2) is 4.58. The number of nitrogens with zero attached hydrogens (tertiary/aromatic N) is 1. The summed E-state index contributed by atoms with van der Waals surface area (Å²) in [6.07, 6.45) is 1.57. The van der Waals surface area contributed by atoms with Crippen LogP contribution in [0.15, 0.2) is 4.99 Å². The topological polar surface area (TPSA) is 106 Å². The third-order valence-electron chi connectivity index (χ3n) is 1.70. The number of rotatable bonds is 4. The Morgan fingerprint density at radius 1 is 1.79 bits per heavy atom. The number of aliphatic imine (C=N–C) groups is 1. The molecule has 0 aliphatic carbocycles. The fourth-order valence-electron chi connectivity index (χ4n) is 1.08. The lowest BCUT2D eigenvalue weighted by Gasteiger charge is -2.04. The first-order valence-corrected chi connectivity index (χ1v) is 5.95. The zero-order valence-corrected chi connectivity index (χ0v) is 8.67. The molecule has 0 aromatic carbocycles. The van der Waals surface area contributed by atoms with Gasteiger partial charge in [0, 0.05) is 6.54 Å². The van der Waals surface area contributed by atoms with E-state index in [4.69, 9.17) is 5.84 Å². The van der Waals surface area contributed by atoms with Crippen LogP contribution in [0.2, 0.25) is 0 Å². The van der Waals surface area contributed by atoms with Crippen LogP contribution in [0.25, 0.3) is 0 Å². The van der Waals surface area contributed by atoms with Gasteiger partial charge in [0.2, 0.25) is 5.96 Å². The monoisotopic (exact) mass is 222 g/mol. The van der Waals surface area contributed by atoms with Gasteiger partial charge in [-0.15, -0.1) is 0 Å². The average molecular weight is 222 g/mol. The second-order valence-electron chi connectivity index (χ2n) is 2.97. The molecule has 1 atom stereocenters. The van der Waals surface area contributed by atoms with Gasteiger partial charge in [-0.25, -0.2) is 10.8 Å². The number of hydrogen-bond acceptors (Lipinski definition) is 7. The van der Waals surface area contributed by atoms with Gasteiger partial charge in [0.1, 0.15) is 0 Å². The minimum atomic E-state index is -3.34. The molecule has 0 aromatic heterocycles. The Hall–Kier alpha value is -0.860. The summed E-state index contributed by atoms with van der Waals surface area (Å²) in [4.78, 5) is 4.12. The minimum absolute atomic E-state index is 0.0165. The molecule has 0 saturated carbocycles. The molecule has 1 aliphatic rings. The SMILES string of the molecule is CS(=O)(=O)OCCC1CNC(NN)=N1. The van der Waals surface area contributed by atoms with Crippen molar-refractivity contribution in [3.05, 3.63) is 0 Å². The maximum atomic E-state index is 10.6. The van der Waals surface area contributed by atoms with E-state index in [2.05, 4.69) is 19.9 Å². The van der Waals surface area contributed by atoms with Gasteiger partial charge in [-0.05, 0) is 6.42 Å². The maximum Gasteiger partial charge on any atom is 0.264 e. The van der Waals surface area contributed by atoms with Crippen LogP contribution in [0.4, 0.5) is 0 Å². The van der Waals surface area contributed by atoms with Gasteiger partial charge < -0.3 is 5.32 Å². The average Bonchev–Trinajstić information content (AvgIpc) is 2.50. The van der Waals surface area contributed by atoms with Gasteiger partial charge >= 0.3 is 0 Å². The van der Waals surface area contributed by atoms with Gasteiger partial charge in [-0.2, -0.15) is 8.42 Å². The molecule has 1 heterocycles. The Morgan fingerprint density at radius 3 is 3.00 bits per heavy atom. The van der Waals surface area contributed by atoms with Crippen molar-refractivity contribution in [3.8, 4) is 0 Å². The fraction of sp³-hybridized carbons (Fsp3) is 0.833. The molecule has 8 heteroatoms. The largest absolute Gasteiger partial charge is 0.353 e. The van der Waals surface area contributed by atoms with E-state index in [0.717, 1.165) is 6.26 Å². The van der Waals surface area contributed by atoms with Crippen LogP contribution in [-0.4, -0.2) is 39.8 Å². The molecule has 0 bridgehead atoms. The van der Waals surface area contributed by atoms with Crippen molar-refractivity contribution >= 4 is 16.1 Å². The van der Waals surface area contributed by atoms with Gasteiger partial charge in [0.25, 0.3) is 10.1 Å². The van der Waals surface area contributed by atoms with E-state index in [-0.39, 0.29) is 12.6 Å². The van der Waals surface area contributed by atoms with E-state index in [1.54, 1.807) is 0 Å². The Morgan fingerprint density at radius 2 is 2.50 bits per heavy atom. The first kappa shape index (κ1) is 11.2. The first-order chi connectivity index (χ1) is 6.51. The van der Waals surface area contributed by atoms with Gasteiger partial charge in [0.05, 0.1) is 18.9 Å². The van der Waals surface area contributed by atoms with Crippen molar-refractivity contribution in [2.24, 2.45) is 10.8 Å². The second-order valence-corrected chi connectivity index (χ2v) is 4.62. The van der Waals surface area contributed by atoms with Crippen LogP contribution < -0.4 is 16.6 Å². The summed E-state index contributed by atoms with van der Waals surface area (Å²) in [5, 5.41) is 2.91. The smallest absolute Gasteiger partial charge is 0.264 e. The van der Waals surface area contributed by atoms with Crippen LogP contribution in [0.5, 0.6) is 0 Å². The van der Waals surface area contributed by atoms with Crippen LogP contribution in [0.1, 0.15) is 6.42 Å². The quantitative estimate of drug-likeness (QED) is 0.293. The highest BCUT2D eigenvalue weighted by atomic mass is 32.2. The lowest BCUT2D eigenvalue weighted by molar-refractivity contribution is 0.305. The summed E-state index contributed by atoms with van der Waals surface area (Å²) >= 11 is 0. The molecule has 14 heavy (non-hydrogen) atoms. The van der Waals surface area contributed by atoms with Crippen LogP contribution in [0.3, 0.4) is 0 Å². The van der Waals surface area contributed by atoms with Gasteiger partial charge in [-0.1, -0.05) is 0 Å². The van der Waals surface area contributed by atoms with E-state index in [1.807, 2.05) is 0 Å². The summed E-state index contributed by atoms with van der Waals surface area (Å²) < 4.78 is 25.8. The fourth-order valence-corrected chi connectivity index (χ4v) is 1.48. The molecule has 1 rings (SSSR count). The summed E-state index contributed by atoms with van der Waals surface area (Å²) in [5.74, 6) is 5.65. The molecule has 7 nitrogen and oxygen atoms in total. The van der Waals surface area contributed by atoms with E-state index in [1.165, 1.54) is 0 Å². The number of nitrogens with two attached hydrogens (primary N) is 1. The standard InChI is InChI=1S/C6H14N4O3S/c1-14(11,12)13-3-2-5-4-8-6(9-5)10-7/h5H,2-4,7H2,1H3,(H2,8,9,10). The Labute approximate surface area is 82.8 Å². The van der Waals surface area contributed by atoms with Crippen LogP contribution in [0, 0.1) is 0 Å². The molecule has 1 aliphatic heterocycles. The molecule has 0 fully saturated rings. The highest BCUT2D eigenvalue weighted by Gasteiger charge is 2.16. The first-order valence-electron chi connectivity index (χ1n) is 4.14. The van der Waals surface area contributed by atoms with Crippen LogP contribution >= 0.6 is 0 Å². The van der Waals surface area contributed by atoms with Crippen molar-refractivity contribution in [2.45, 2.75) is 12.5 Å². The zero-order chi connectivity index (χ0) is 10.6. The van der Waals surface area contributed by atoms with E-state index in [0.29, 0.717) is 18.9 Å². The van der Waals surface area contributed by atoms with Crippen molar-refractivity contribution < 1.29 is 12.6 Å². The summed E-state index contributed by atoms with van der Waals surface area (Å²) in [7, 11) is -3.34. The Bertz CT molecular complexity index is 313. The number of hydrazine groups is 1. The third kappa shape index (κ3) is 3.90. The molecule has 0 aromatic rings. The predicted octanol–water partition coefficient (Wildman–Crippen LogP) is -1.86. The summed E-state index contributed by atoms with van der Waals surface area (Å²) in [5.41, 5.74) is 2.38. The predicted molar refractivity (Wildman–Crippen MR) is 52.0 cm³/mol. The maximum absolute atomic E-state index is 10.6. The number of guanidine groups is 1. The zero-order valence-electron chi connectivity index (χ0n) is 7.86. The highest BCUT2D eigenvalue weighted by molar-refractivity contribution is 7.85. The molecule has 1 unspecified atom stereocenters. The molecule has 0 amide bonds. The molecule has 82 valence electrons. The van der Waals surface area contributed by atoms with Crippen molar-refractivity contribution in [1.29, 1.82) is 0 Å². The lowest BCUT2D eigenvalue weighted by Crippen LogP contribution is -2.38. The van der Waals surface area contributed by atoms with E-state index >= 15 is 0 Å². The normalized spacial score (nSPS) is 21.6. The number of hydrogen-bond donors (Lipinski definition) is 3. The van der Waals surface area contributed by atoms with Gasteiger partial charge in [-0.3, -0.25) is 9.61 Å². The Balaban J connectivity index is 2.24. The van der Waals surface area contributed by atoms with Crippen molar-refractivity contribution in [1.82, 2.24) is 10.7 Å². The van der Waals surface area contributed by atoms with E-state index in [9.17, 15) is 8.42 Å². The summed E-state index contributed by atoms with van der Waals surface area (Å²) in [6, 6.07) is 0.0165. The Kier molecular flexibility index (Phi) is 3.67. The highest BCUT2D eigenvalue weighted by Crippen LogP contribution is 2.03. The van der Waals surface area contributed by atoms with E-state index < -0.39 is 10.1 Å². The van der Waals surface area contributed by atoms with Crippen molar-refractivity contribution in [3.63, 3.8) is 0 Å². The number of nitrogens with one attached hydrogen (secondary N) is 2. The molecular formula is C6H14N4O3S. The molecule has 4 N–H and O–H groups in total. The molecule has 0 radical (unpaired) electrons. The van der Waals surface area contributed by atoms with Crippen LogP contribution in [-0.2, 0) is 14.3 Å². The summed E-state index contributed by atoms with van der Waals surface area (Å²) in [6.45, 7) is 0.791. The third-order valence-corrected chi connectivity index (χ3v) is 2.30. The van der Waals surface area contributed by atoms with Gasteiger partial charge in [0.15, 0.2) is 0 Å². The minimum Gasteiger partial charge on any atom is -0.353 e. The molecule has 0 spiro atoms.